The molecule has 104 valence electrons. The van der Waals surface area contributed by atoms with Crippen molar-refractivity contribution in [1.29, 1.82) is 0 Å². The van der Waals surface area contributed by atoms with E-state index in [1.807, 2.05) is 30.3 Å². The summed E-state index contributed by atoms with van der Waals surface area (Å²) in [4.78, 5) is 11.7. The number of nitrogens with one attached hydrogen (secondary N) is 1. The molecule has 0 saturated carbocycles. The topological polar surface area (TPSA) is 55.1 Å². The van der Waals surface area contributed by atoms with Gasteiger partial charge in [0.15, 0.2) is 0 Å². The predicted octanol–water partition coefficient (Wildman–Crippen LogP) is 3.37. The fourth-order valence-electron chi connectivity index (χ4n) is 1.93. The molecule has 2 rings (SSSR count). The monoisotopic (exact) mass is 272 g/mol. The molecule has 4 heteroatoms. The van der Waals surface area contributed by atoms with Crippen LogP contribution in [-0.2, 0) is 11.2 Å². The van der Waals surface area contributed by atoms with Gasteiger partial charge >= 0.3 is 0 Å². The number of hydrogen-bond acceptors (Lipinski definition) is 2. The Hall–Kier alpha value is -2.36. The summed E-state index contributed by atoms with van der Waals surface area (Å²) >= 11 is 0. The van der Waals surface area contributed by atoms with E-state index in [0.717, 1.165) is 12.8 Å². The summed E-state index contributed by atoms with van der Waals surface area (Å²) in [6.45, 7) is 0. The number of carbonyl (C=O) groups is 1. The third-order valence-corrected chi connectivity index (χ3v) is 3.00. The second-order valence-electron chi connectivity index (χ2n) is 4.62. The number of nitrogen functional groups attached to an aromatic ring is 1. The first kappa shape index (κ1) is 14.1. The molecule has 0 aliphatic carbocycles. The number of hydrogen-bond donors (Lipinski definition) is 2. The quantitative estimate of drug-likeness (QED) is 0.820. The van der Waals surface area contributed by atoms with Crippen LogP contribution in [0.5, 0.6) is 0 Å². The summed E-state index contributed by atoms with van der Waals surface area (Å²) in [6.07, 6.45) is 2.01. The number of halogens is 1. The Morgan fingerprint density at radius 2 is 1.90 bits per heavy atom. The first-order valence-corrected chi connectivity index (χ1v) is 6.54. The van der Waals surface area contributed by atoms with Crippen molar-refractivity contribution >= 4 is 17.3 Å². The summed E-state index contributed by atoms with van der Waals surface area (Å²) in [5.74, 6) is -0.641. The molecule has 0 heterocycles. The summed E-state index contributed by atoms with van der Waals surface area (Å²) in [5, 5.41) is 2.66. The summed E-state index contributed by atoms with van der Waals surface area (Å²) in [6, 6.07) is 14.2. The molecule has 1 amide bonds. The zero-order valence-electron chi connectivity index (χ0n) is 11.1. The Balaban J connectivity index is 1.79. The maximum atomic E-state index is 13.2. The van der Waals surface area contributed by atoms with Crippen LogP contribution in [0.2, 0.25) is 0 Å². The molecule has 0 unspecified atom stereocenters. The van der Waals surface area contributed by atoms with Crippen LogP contribution in [-0.4, -0.2) is 5.91 Å². The average molecular weight is 272 g/mol. The molecule has 0 atom stereocenters. The van der Waals surface area contributed by atoms with Crippen LogP contribution in [0.1, 0.15) is 18.4 Å². The van der Waals surface area contributed by atoms with E-state index in [1.165, 1.54) is 17.7 Å². The minimum absolute atomic E-state index is 0.0760. The van der Waals surface area contributed by atoms with Gasteiger partial charge in [0.2, 0.25) is 5.91 Å². The lowest BCUT2D eigenvalue weighted by molar-refractivity contribution is -0.116. The Labute approximate surface area is 117 Å². The zero-order chi connectivity index (χ0) is 14.4. The lowest BCUT2D eigenvalue weighted by Gasteiger charge is -2.06. The first-order chi connectivity index (χ1) is 9.65. The lowest BCUT2D eigenvalue weighted by atomic mass is 10.1. The second kappa shape index (κ2) is 6.70. The van der Waals surface area contributed by atoms with Gasteiger partial charge in [0.1, 0.15) is 5.82 Å². The van der Waals surface area contributed by atoms with Crippen LogP contribution in [0.15, 0.2) is 48.5 Å². The number of benzene rings is 2. The fourth-order valence-corrected chi connectivity index (χ4v) is 1.93. The lowest BCUT2D eigenvalue weighted by Crippen LogP contribution is -2.11. The van der Waals surface area contributed by atoms with Crippen molar-refractivity contribution < 1.29 is 9.18 Å². The van der Waals surface area contributed by atoms with Gasteiger partial charge in [0, 0.05) is 12.1 Å². The molecule has 0 saturated heterocycles. The SMILES string of the molecule is Nc1ccc(NC(=O)CCCc2ccccc2)cc1F. The summed E-state index contributed by atoms with van der Waals surface area (Å²) < 4.78 is 13.2. The van der Waals surface area contributed by atoms with E-state index >= 15 is 0 Å². The van der Waals surface area contributed by atoms with E-state index < -0.39 is 5.82 Å². The molecule has 3 N–H and O–H groups in total. The Bertz CT molecular complexity index is 584. The van der Waals surface area contributed by atoms with Gasteiger partial charge in [-0.2, -0.15) is 0 Å². The average Bonchev–Trinajstić information content (AvgIpc) is 2.44. The molecule has 0 aromatic heterocycles. The molecule has 20 heavy (non-hydrogen) atoms. The van der Waals surface area contributed by atoms with Crippen molar-refractivity contribution in [2.75, 3.05) is 11.1 Å². The van der Waals surface area contributed by atoms with Gasteiger partial charge in [-0.1, -0.05) is 30.3 Å². The molecule has 0 aliphatic rings. The fraction of sp³-hybridized carbons (Fsp3) is 0.188. The standard InChI is InChI=1S/C16H17FN2O/c17-14-11-13(9-10-15(14)18)19-16(20)8-4-7-12-5-2-1-3-6-12/h1-3,5-6,9-11H,4,7-8,18H2,(H,19,20). The molecule has 0 fully saturated rings. The van der Waals surface area contributed by atoms with Crippen molar-refractivity contribution in [1.82, 2.24) is 0 Å². The Morgan fingerprint density at radius 1 is 1.15 bits per heavy atom. The minimum atomic E-state index is -0.521. The van der Waals surface area contributed by atoms with Gasteiger partial charge < -0.3 is 11.1 Å². The summed E-state index contributed by atoms with van der Waals surface area (Å²) in [5.41, 5.74) is 7.09. The minimum Gasteiger partial charge on any atom is -0.396 e. The van der Waals surface area contributed by atoms with Gasteiger partial charge in [-0.05, 0) is 36.6 Å². The van der Waals surface area contributed by atoms with Crippen molar-refractivity contribution in [3.05, 3.63) is 59.9 Å². The summed E-state index contributed by atoms with van der Waals surface area (Å²) in [7, 11) is 0. The smallest absolute Gasteiger partial charge is 0.224 e. The highest BCUT2D eigenvalue weighted by Gasteiger charge is 2.05. The van der Waals surface area contributed by atoms with Crippen molar-refractivity contribution in [2.24, 2.45) is 0 Å². The van der Waals surface area contributed by atoms with Crippen LogP contribution in [0, 0.1) is 5.82 Å². The van der Waals surface area contributed by atoms with E-state index in [0.29, 0.717) is 12.1 Å². The van der Waals surface area contributed by atoms with Crippen LogP contribution in [0.3, 0.4) is 0 Å². The molecule has 3 nitrogen and oxygen atoms in total. The van der Waals surface area contributed by atoms with Crippen molar-refractivity contribution in [3.8, 4) is 0 Å². The van der Waals surface area contributed by atoms with Crippen LogP contribution >= 0.6 is 0 Å². The normalized spacial score (nSPS) is 10.2. The van der Waals surface area contributed by atoms with E-state index in [4.69, 9.17) is 5.73 Å². The third kappa shape index (κ3) is 4.09. The molecule has 2 aromatic carbocycles. The predicted molar refractivity (Wildman–Crippen MR) is 78.8 cm³/mol. The number of carbonyl (C=O) groups excluding carboxylic acids is 1. The van der Waals surface area contributed by atoms with Gasteiger partial charge in [0.05, 0.1) is 5.69 Å². The number of anilines is 2. The molecular weight excluding hydrogens is 255 g/mol. The van der Waals surface area contributed by atoms with Gasteiger partial charge in [-0.3, -0.25) is 4.79 Å². The van der Waals surface area contributed by atoms with Gasteiger partial charge in [-0.15, -0.1) is 0 Å². The highest BCUT2D eigenvalue weighted by atomic mass is 19.1. The molecular formula is C16H17FN2O. The van der Waals surface area contributed by atoms with Crippen molar-refractivity contribution in [3.63, 3.8) is 0 Å². The van der Waals surface area contributed by atoms with Crippen molar-refractivity contribution in [2.45, 2.75) is 19.3 Å². The molecule has 0 spiro atoms. The number of nitrogens with two attached hydrogens (primary N) is 1. The van der Waals surface area contributed by atoms with Gasteiger partial charge in [-0.25, -0.2) is 4.39 Å². The third-order valence-electron chi connectivity index (χ3n) is 3.00. The highest BCUT2D eigenvalue weighted by molar-refractivity contribution is 5.90. The maximum absolute atomic E-state index is 13.2. The van der Waals surface area contributed by atoms with E-state index in [2.05, 4.69) is 5.32 Å². The van der Waals surface area contributed by atoms with Crippen LogP contribution < -0.4 is 11.1 Å². The second-order valence-corrected chi connectivity index (χ2v) is 4.62. The highest BCUT2D eigenvalue weighted by Crippen LogP contribution is 2.16. The van der Waals surface area contributed by atoms with E-state index in [-0.39, 0.29) is 11.6 Å². The van der Waals surface area contributed by atoms with Crippen LogP contribution in [0.4, 0.5) is 15.8 Å². The molecule has 0 aliphatic heterocycles. The number of aryl methyl sites for hydroxylation is 1. The molecule has 2 aromatic rings. The maximum Gasteiger partial charge on any atom is 0.224 e. The van der Waals surface area contributed by atoms with Gasteiger partial charge in [0.25, 0.3) is 0 Å². The van der Waals surface area contributed by atoms with Crippen LogP contribution in [0.25, 0.3) is 0 Å². The molecule has 0 radical (unpaired) electrons. The first-order valence-electron chi connectivity index (χ1n) is 6.54. The van der Waals surface area contributed by atoms with E-state index in [1.54, 1.807) is 6.07 Å². The van der Waals surface area contributed by atoms with E-state index in [9.17, 15) is 9.18 Å². The number of rotatable bonds is 5. The number of amides is 1. The Morgan fingerprint density at radius 3 is 2.60 bits per heavy atom. The zero-order valence-corrected chi connectivity index (χ0v) is 11.1. The Kier molecular flexibility index (Phi) is 4.71. The molecule has 0 bridgehead atoms. The largest absolute Gasteiger partial charge is 0.396 e.